The molecule has 0 fully saturated rings. The highest BCUT2D eigenvalue weighted by Gasteiger charge is 2.21. The minimum absolute atomic E-state index is 0.396. The van der Waals surface area contributed by atoms with Gasteiger partial charge in [0, 0.05) is 14.6 Å². The third kappa shape index (κ3) is 3.41. The van der Waals surface area contributed by atoms with Crippen molar-refractivity contribution >= 4 is 22.7 Å². The second-order valence-corrected chi connectivity index (χ2v) is 8.27. The number of nitrogens with one attached hydrogen (secondary N) is 1. The van der Waals surface area contributed by atoms with Gasteiger partial charge < -0.3 is 5.32 Å². The molecule has 0 radical (unpaired) electrons. The van der Waals surface area contributed by atoms with Crippen LogP contribution in [0.2, 0.25) is 0 Å². The molecule has 2 heterocycles. The summed E-state index contributed by atoms with van der Waals surface area (Å²) in [6.45, 7) is 5.58. The van der Waals surface area contributed by atoms with Crippen molar-refractivity contribution in [1.82, 2.24) is 5.32 Å². The first-order chi connectivity index (χ1) is 10.3. The minimum Gasteiger partial charge on any atom is -0.306 e. The summed E-state index contributed by atoms with van der Waals surface area (Å²) in [5.74, 6) is 0. The third-order valence-corrected chi connectivity index (χ3v) is 6.52. The molecule has 0 aromatic carbocycles. The lowest BCUT2D eigenvalue weighted by atomic mass is 10.0. The smallest absolute Gasteiger partial charge is 0.0681 e. The molecular formula is C18H25NS2. The Morgan fingerprint density at radius 2 is 2.10 bits per heavy atom. The van der Waals surface area contributed by atoms with Crippen LogP contribution in [0.4, 0.5) is 0 Å². The summed E-state index contributed by atoms with van der Waals surface area (Å²) < 4.78 is 0. The molecule has 1 nitrogen and oxygen atoms in total. The van der Waals surface area contributed by atoms with Crippen LogP contribution >= 0.6 is 22.7 Å². The van der Waals surface area contributed by atoms with E-state index in [0.717, 1.165) is 6.54 Å². The number of aryl methyl sites for hydroxylation is 3. The zero-order chi connectivity index (χ0) is 14.7. The van der Waals surface area contributed by atoms with Gasteiger partial charge in [0.15, 0.2) is 0 Å². The van der Waals surface area contributed by atoms with E-state index in [0.29, 0.717) is 6.04 Å². The van der Waals surface area contributed by atoms with Gasteiger partial charge in [-0.05, 0) is 74.2 Å². The average molecular weight is 320 g/mol. The predicted octanol–water partition coefficient (Wildman–Crippen LogP) is 5.48. The fourth-order valence-corrected chi connectivity index (χ4v) is 5.27. The Hall–Kier alpha value is -0.640. The Bertz CT molecular complexity index is 558. The van der Waals surface area contributed by atoms with Gasteiger partial charge in [0.25, 0.3) is 0 Å². The van der Waals surface area contributed by atoms with E-state index in [1.54, 1.807) is 10.4 Å². The molecule has 3 rings (SSSR count). The van der Waals surface area contributed by atoms with Crippen molar-refractivity contribution in [3.63, 3.8) is 0 Å². The minimum atomic E-state index is 0.396. The summed E-state index contributed by atoms with van der Waals surface area (Å²) in [6, 6.07) is 5.20. The molecule has 1 atom stereocenters. The molecule has 1 N–H and O–H groups in total. The first-order valence-corrected chi connectivity index (χ1v) is 9.88. The second-order valence-electron chi connectivity index (χ2n) is 5.98. The van der Waals surface area contributed by atoms with E-state index < -0.39 is 0 Å². The second kappa shape index (κ2) is 7.08. The van der Waals surface area contributed by atoms with Crippen LogP contribution in [0.5, 0.6) is 0 Å². The largest absolute Gasteiger partial charge is 0.306 e. The van der Waals surface area contributed by atoms with Crippen LogP contribution in [-0.2, 0) is 12.8 Å². The van der Waals surface area contributed by atoms with Crippen molar-refractivity contribution in [2.45, 2.75) is 58.4 Å². The molecule has 2 aromatic rings. The van der Waals surface area contributed by atoms with Crippen molar-refractivity contribution in [2.75, 3.05) is 6.54 Å². The van der Waals surface area contributed by atoms with Crippen molar-refractivity contribution in [1.29, 1.82) is 0 Å². The topological polar surface area (TPSA) is 12.0 Å². The molecule has 1 aliphatic carbocycles. The van der Waals surface area contributed by atoms with Gasteiger partial charge in [0.05, 0.1) is 6.04 Å². The van der Waals surface area contributed by atoms with Crippen LogP contribution in [0.15, 0.2) is 17.5 Å². The molecule has 21 heavy (non-hydrogen) atoms. The van der Waals surface area contributed by atoms with Gasteiger partial charge in [-0.15, -0.1) is 22.7 Å². The molecule has 1 unspecified atom stereocenters. The van der Waals surface area contributed by atoms with Crippen molar-refractivity contribution in [3.8, 4) is 0 Å². The highest BCUT2D eigenvalue weighted by molar-refractivity contribution is 7.12. The van der Waals surface area contributed by atoms with E-state index in [4.69, 9.17) is 0 Å². The van der Waals surface area contributed by atoms with Crippen LogP contribution < -0.4 is 5.32 Å². The fraction of sp³-hybridized carbons (Fsp3) is 0.556. The molecule has 0 saturated carbocycles. The highest BCUT2D eigenvalue weighted by Crippen LogP contribution is 2.36. The maximum absolute atomic E-state index is 3.77. The molecule has 1 aliphatic rings. The van der Waals surface area contributed by atoms with Gasteiger partial charge in [-0.25, -0.2) is 0 Å². The van der Waals surface area contributed by atoms with Crippen LogP contribution in [0.3, 0.4) is 0 Å². The monoisotopic (exact) mass is 319 g/mol. The van der Waals surface area contributed by atoms with Gasteiger partial charge in [-0.3, -0.25) is 0 Å². The molecular weight excluding hydrogens is 294 g/mol. The summed E-state index contributed by atoms with van der Waals surface area (Å²) in [7, 11) is 0. The zero-order valence-corrected chi connectivity index (χ0v) is 14.7. The average Bonchev–Trinajstić information content (AvgIpc) is 3.01. The number of hydrogen-bond donors (Lipinski definition) is 1. The lowest BCUT2D eigenvalue weighted by molar-refractivity contribution is 0.605. The van der Waals surface area contributed by atoms with E-state index in [1.807, 2.05) is 11.3 Å². The predicted molar refractivity (Wildman–Crippen MR) is 94.8 cm³/mol. The number of thiophene rings is 2. The van der Waals surface area contributed by atoms with E-state index in [-0.39, 0.29) is 0 Å². The van der Waals surface area contributed by atoms with Crippen LogP contribution in [-0.4, -0.2) is 6.54 Å². The maximum atomic E-state index is 3.77. The van der Waals surface area contributed by atoms with Gasteiger partial charge >= 0.3 is 0 Å². The molecule has 3 heteroatoms. The van der Waals surface area contributed by atoms with Crippen LogP contribution in [0.25, 0.3) is 0 Å². The normalized spacial score (nSPS) is 16.5. The van der Waals surface area contributed by atoms with Crippen LogP contribution in [0, 0.1) is 6.92 Å². The first-order valence-electron chi connectivity index (χ1n) is 8.18. The van der Waals surface area contributed by atoms with Crippen molar-refractivity contribution in [2.24, 2.45) is 0 Å². The van der Waals surface area contributed by atoms with Crippen molar-refractivity contribution < 1.29 is 0 Å². The van der Waals surface area contributed by atoms with Gasteiger partial charge in [-0.1, -0.05) is 13.3 Å². The Balaban J connectivity index is 1.91. The highest BCUT2D eigenvalue weighted by atomic mass is 32.1. The van der Waals surface area contributed by atoms with Gasteiger partial charge in [-0.2, -0.15) is 0 Å². The SMILES string of the molecule is CCCNC(c1cc2c(s1)CCCCC2)c1ccsc1C. The molecule has 2 aromatic heterocycles. The summed E-state index contributed by atoms with van der Waals surface area (Å²) in [5.41, 5.74) is 3.11. The van der Waals surface area contributed by atoms with Gasteiger partial charge in [0.2, 0.25) is 0 Å². The fourth-order valence-electron chi connectivity index (χ4n) is 3.18. The van der Waals surface area contributed by atoms with E-state index in [9.17, 15) is 0 Å². The molecule has 0 bridgehead atoms. The third-order valence-electron chi connectivity index (χ3n) is 4.36. The Morgan fingerprint density at radius 3 is 2.86 bits per heavy atom. The molecule has 0 saturated heterocycles. The summed E-state index contributed by atoms with van der Waals surface area (Å²) in [6.07, 6.45) is 7.91. The zero-order valence-electron chi connectivity index (χ0n) is 13.1. The molecule has 0 aliphatic heterocycles. The van der Waals surface area contributed by atoms with E-state index >= 15 is 0 Å². The molecule has 0 amide bonds. The Morgan fingerprint density at radius 1 is 1.24 bits per heavy atom. The first kappa shape index (κ1) is 15.3. The molecule has 0 spiro atoms. The summed E-state index contributed by atoms with van der Waals surface area (Å²) in [5, 5.41) is 6.00. The lowest BCUT2D eigenvalue weighted by Gasteiger charge is -2.17. The Kier molecular flexibility index (Phi) is 5.15. The van der Waals surface area contributed by atoms with E-state index in [2.05, 4.69) is 48.0 Å². The number of fused-ring (bicyclic) bond motifs is 1. The van der Waals surface area contributed by atoms with Gasteiger partial charge in [0.1, 0.15) is 0 Å². The standard InChI is InChI=1S/C18H25NS2/c1-3-10-19-18(15-9-11-20-13(15)2)17-12-14-7-5-4-6-8-16(14)21-17/h9,11-12,18-19H,3-8,10H2,1-2H3. The number of hydrogen-bond acceptors (Lipinski definition) is 3. The lowest BCUT2D eigenvalue weighted by Crippen LogP contribution is -2.22. The van der Waals surface area contributed by atoms with E-state index in [1.165, 1.54) is 53.8 Å². The van der Waals surface area contributed by atoms with Crippen LogP contribution in [0.1, 0.15) is 64.4 Å². The summed E-state index contributed by atoms with van der Waals surface area (Å²) >= 11 is 3.92. The Labute approximate surface area is 136 Å². The number of rotatable bonds is 5. The molecule has 114 valence electrons. The quantitative estimate of drug-likeness (QED) is 0.720. The maximum Gasteiger partial charge on any atom is 0.0681 e. The van der Waals surface area contributed by atoms with Crippen molar-refractivity contribution in [3.05, 3.63) is 43.3 Å². The summed E-state index contributed by atoms with van der Waals surface area (Å²) in [4.78, 5) is 4.63.